The molecule has 31 heavy (non-hydrogen) atoms. The van der Waals surface area contributed by atoms with Crippen molar-refractivity contribution in [1.29, 1.82) is 0 Å². The van der Waals surface area contributed by atoms with Crippen molar-refractivity contribution < 1.29 is 22.7 Å². The zero-order valence-electron chi connectivity index (χ0n) is 16.9. The highest BCUT2D eigenvalue weighted by atomic mass is 32.1. The van der Waals surface area contributed by atoms with Crippen molar-refractivity contribution in [3.63, 3.8) is 0 Å². The molecule has 0 amide bonds. The van der Waals surface area contributed by atoms with Crippen LogP contribution in [0.15, 0.2) is 48.1 Å². The fourth-order valence-electron chi connectivity index (χ4n) is 2.85. The van der Waals surface area contributed by atoms with Gasteiger partial charge in [0.25, 0.3) is 0 Å². The summed E-state index contributed by atoms with van der Waals surface area (Å²) >= 11 is 1.15. The van der Waals surface area contributed by atoms with Crippen LogP contribution in [-0.2, 0) is 12.6 Å². The van der Waals surface area contributed by atoms with Gasteiger partial charge >= 0.3 is 6.18 Å². The van der Waals surface area contributed by atoms with E-state index < -0.39 is 11.7 Å². The lowest BCUT2D eigenvalue weighted by molar-refractivity contribution is -0.138. The minimum atomic E-state index is -4.55. The van der Waals surface area contributed by atoms with Gasteiger partial charge in [0.1, 0.15) is 11.4 Å². The second-order valence-corrected chi connectivity index (χ2v) is 7.75. The standard InChI is InChI=1S/C22H22F3N3O2S/c1-2-3-4-10-30-20-8-7-16(12-17(20)22(23,24)25)27-21-28-18(14-31-21)19(29)11-15-6-5-9-26-13-15/h5-9,12-14H,2-4,10-11H2,1H3,(H,27,28). The number of pyridine rings is 1. The number of ether oxygens (including phenoxy) is 1. The number of nitrogens with zero attached hydrogens (tertiary/aromatic N) is 2. The second kappa shape index (κ2) is 10.4. The molecule has 0 spiro atoms. The summed E-state index contributed by atoms with van der Waals surface area (Å²) in [5, 5.41) is 4.76. The van der Waals surface area contributed by atoms with Gasteiger partial charge in [0.15, 0.2) is 10.9 Å². The van der Waals surface area contributed by atoms with E-state index in [1.165, 1.54) is 12.1 Å². The van der Waals surface area contributed by atoms with Crippen molar-refractivity contribution in [2.24, 2.45) is 0 Å². The first-order valence-electron chi connectivity index (χ1n) is 9.85. The summed E-state index contributed by atoms with van der Waals surface area (Å²) in [5.74, 6) is -0.385. The molecule has 0 atom stereocenters. The summed E-state index contributed by atoms with van der Waals surface area (Å²) in [6, 6.07) is 7.34. The maximum atomic E-state index is 13.5. The number of nitrogens with one attached hydrogen (secondary N) is 1. The van der Waals surface area contributed by atoms with E-state index in [0.717, 1.165) is 35.8 Å². The number of ketones is 1. The number of carbonyl (C=O) groups excluding carboxylic acids is 1. The summed E-state index contributed by atoms with van der Waals surface area (Å²) in [6.07, 6.45) is 1.38. The van der Waals surface area contributed by atoms with Crippen LogP contribution in [0.3, 0.4) is 0 Å². The Balaban J connectivity index is 1.70. The van der Waals surface area contributed by atoms with E-state index in [1.807, 2.05) is 6.92 Å². The van der Waals surface area contributed by atoms with Gasteiger partial charge < -0.3 is 10.1 Å². The quantitative estimate of drug-likeness (QED) is 0.291. The van der Waals surface area contributed by atoms with Gasteiger partial charge in [-0.15, -0.1) is 11.3 Å². The normalized spacial score (nSPS) is 11.4. The number of Topliss-reactive ketones (excluding diaryl/α,β-unsaturated/α-hetero) is 1. The van der Waals surface area contributed by atoms with Gasteiger partial charge in [-0.25, -0.2) is 4.98 Å². The van der Waals surface area contributed by atoms with Crippen LogP contribution in [0, 0.1) is 0 Å². The summed E-state index contributed by atoms with van der Waals surface area (Å²) in [6.45, 7) is 2.25. The molecular weight excluding hydrogens is 427 g/mol. The molecule has 3 rings (SSSR count). The molecule has 0 aliphatic heterocycles. The fourth-order valence-corrected chi connectivity index (χ4v) is 3.59. The molecule has 9 heteroatoms. The monoisotopic (exact) mass is 449 g/mol. The number of hydrogen-bond donors (Lipinski definition) is 1. The van der Waals surface area contributed by atoms with Crippen LogP contribution in [0.4, 0.5) is 24.0 Å². The fraction of sp³-hybridized carbons (Fsp3) is 0.318. The molecule has 0 bridgehead atoms. The molecular formula is C22H22F3N3O2S. The summed E-state index contributed by atoms with van der Waals surface area (Å²) in [7, 11) is 0. The number of aromatic nitrogens is 2. The molecule has 0 radical (unpaired) electrons. The minimum Gasteiger partial charge on any atom is -0.493 e. The Morgan fingerprint density at radius 3 is 2.77 bits per heavy atom. The summed E-state index contributed by atoms with van der Waals surface area (Å²) in [5.41, 5.74) is 0.384. The number of anilines is 2. The lowest BCUT2D eigenvalue weighted by Gasteiger charge is -2.15. The Morgan fingerprint density at radius 2 is 2.06 bits per heavy atom. The highest BCUT2D eigenvalue weighted by Gasteiger charge is 2.34. The third kappa shape index (κ3) is 6.52. The van der Waals surface area contributed by atoms with E-state index >= 15 is 0 Å². The number of carbonyl (C=O) groups is 1. The summed E-state index contributed by atoms with van der Waals surface area (Å²) in [4.78, 5) is 20.6. The predicted molar refractivity (Wildman–Crippen MR) is 114 cm³/mol. The Labute approximate surface area is 182 Å². The number of halogens is 3. The molecule has 2 aromatic heterocycles. The smallest absolute Gasteiger partial charge is 0.420 e. The Hall–Kier alpha value is -2.94. The van der Waals surface area contributed by atoms with E-state index in [9.17, 15) is 18.0 Å². The molecule has 0 aliphatic rings. The first-order valence-corrected chi connectivity index (χ1v) is 10.7. The van der Waals surface area contributed by atoms with E-state index in [-0.39, 0.29) is 35.9 Å². The molecule has 0 aliphatic carbocycles. The Bertz CT molecular complexity index is 1010. The molecule has 0 saturated carbocycles. The van der Waals surface area contributed by atoms with Gasteiger partial charge in [0.2, 0.25) is 0 Å². The van der Waals surface area contributed by atoms with Crippen LogP contribution in [0.5, 0.6) is 5.75 Å². The number of rotatable bonds is 10. The number of unbranched alkanes of at least 4 members (excludes halogenated alkanes) is 2. The van der Waals surface area contributed by atoms with Crippen molar-refractivity contribution in [1.82, 2.24) is 9.97 Å². The van der Waals surface area contributed by atoms with Crippen molar-refractivity contribution in [2.45, 2.75) is 38.8 Å². The molecule has 164 valence electrons. The topological polar surface area (TPSA) is 64.1 Å². The van der Waals surface area contributed by atoms with Gasteiger partial charge in [-0.3, -0.25) is 9.78 Å². The van der Waals surface area contributed by atoms with Crippen molar-refractivity contribution in [3.8, 4) is 5.75 Å². The molecule has 0 saturated heterocycles. The third-order valence-corrected chi connectivity index (χ3v) is 5.18. The molecule has 2 heterocycles. The SMILES string of the molecule is CCCCCOc1ccc(Nc2nc(C(=O)Cc3cccnc3)cs2)cc1C(F)(F)F. The zero-order chi connectivity index (χ0) is 22.3. The van der Waals surface area contributed by atoms with Crippen molar-refractivity contribution in [3.05, 3.63) is 64.9 Å². The van der Waals surface area contributed by atoms with Gasteiger partial charge in [-0.05, 0) is 36.2 Å². The number of thiazole rings is 1. The highest BCUT2D eigenvalue weighted by molar-refractivity contribution is 7.14. The van der Waals surface area contributed by atoms with E-state index in [4.69, 9.17) is 4.74 Å². The lowest BCUT2D eigenvalue weighted by atomic mass is 10.1. The van der Waals surface area contributed by atoms with Crippen LogP contribution in [-0.4, -0.2) is 22.4 Å². The lowest BCUT2D eigenvalue weighted by Crippen LogP contribution is -2.10. The molecule has 3 aromatic rings. The summed E-state index contributed by atoms with van der Waals surface area (Å²) < 4.78 is 45.8. The van der Waals surface area contributed by atoms with Crippen LogP contribution in [0.1, 0.15) is 47.8 Å². The largest absolute Gasteiger partial charge is 0.493 e. The highest BCUT2D eigenvalue weighted by Crippen LogP contribution is 2.38. The average molecular weight is 449 g/mol. The number of benzene rings is 1. The molecule has 0 unspecified atom stereocenters. The van der Waals surface area contributed by atoms with Crippen molar-refractivity contribution in [2.75, 3.05) is 11.9 Å². The first kappa shape index (κ1) is 22.7. The second-order valence-electron chi connectivity index (χ2n) is 6.89. The minimum absolute atomic E-state index is 0.152. The van der Waals surface area contributed by atoms with Crippen LogP contribution < -0.4 is 10.1 Å². The van der Waals surface area contributed by atoms with Gasteiger partial charge in [0.05, 0.1) is 12.2 Å². The van der Waals surface area contributed by atoms with Crippen LogP contribution in [0.2, 0.25) is 0 Å². The van der Waals surface area contributed by atoms with E-state index in [0.29, 0.717) is 11.6 Å². The molecule has 1 aromatic carbocycles. The predicted octanol–water partition coefficient (Wildman–Crippen LogP) is 6.29. The van der Waals surface area contributed by atoms with Crippen LogP contribution >= 0.6 is 11.3 Å². The Morgan fingerprint density at radius 1 is 1.23 bits per heavy atom. The molecule has 5 nitrogen and oxygen atoms in total. The molecule has 0 fully saturated rings. The zero-order valence-corrected chi connectivity index (χ0v) is 17.7. The third-order valence-electron chi connectivity index (χ3n) is 4.42. The number of hydrogen-bond acceptors (Lipinski definition) is 6. The first-order chi connectivity index (χ1) is 14.9. The van der Waals surface area contributed by atoms with Crippen LogP contribution in [0.25, 0.3) is 0 Å². The Kier molecular flexibility index (Phi) is 7.62. The maximum Gasteiger partial charge on any atom is 0.420 e. The van der Waals surface area contributed by atoms with Gasteiger partial charge in [0, 0.05) is 29.9 Å². The average Bonchev–Trinajstić information content (AvgIpc) is 3.21. The van der Waals surface area contributed by atoms with Gasteiger partial charge in [-0.1, -0.05) is 25.8 Å². The number of alkyl halides is 3. The van der Waals surface area contributed by atoms with Crippen molar-refractivity contribution >= 4 is 27.9 Å². The van der Waals surface area contributed by atoms with Gasteiger partial charge in [-0.2, -0.15) is 13.2 Å². The molecule has 1 N–H and O–H groups in total. The van der Waals surface area contributed by atoms with E-state index in [1.54, 1.807) is 29.9 Å². The van der Waals surface area contributed by atoms with E-state index in [2.05, 4.69) is 15.3 Å². The maximum absolute atomic E-state index is 13.5.